The SMILES string of the molecule is CCC(=O)c1cccc(-c2cnn(-c3ccccc3)c2)c1. The third-order valence-corrected chi connectivity index (χ3v) is 3.44. The van der Waals surface area contributed by atoms with Crippen molar-refractivity contribution in [3.05, 3.63) is 72.6 Å². The molecule has 3 nitrogen and oxygen atoms in total. The highest BCUT2D eigenvalue weighted by molar-refractivity contribution is 5.96. The van der Waals surface area contributed by atoms with E-state index in [9.17, 15) is 4.79 Å². The zero-order valence-electron chi connectivity index (χ0n) is 11.9. The highest BCUT2D eigenvalue weighted by atomic mass is 16.1. The minimum atomic E-state index is 0.160. The summed E-state index contributed by atoms with van der Waals surface area (Å²) in [6.45, 7) is 1.88. The van der Waals surface area contributed by atoms with Crippen molar-refractivity contribution in [2.75, 3.05) is 0 Å². The molecule has 3 heteroatoms. The van der Waals surface area contributed by atoms with Gasteiger partial charge in [-0.25, -0.2) is 4.68 Å². The number of hydrogen-bond donors (Lipinski definition) is 0. The molecule has 0 amide bonds. The van der Waals surface area contributed by atoms with Crippen LogP contribution in [0.5, 0.6) is 0 Å². The van der Waals surface area contributed by atoms with Crippen LogP contribution in [0.25, 0.3) is 16.8 Å². The Morgan fingerprint density at radius 2 is 1.86 bits per heavy atom. The Bertz CT molecular complexity index is 760. The standard InChI is InChI=1S/C18H16N2O/c1-2-18(21)15-8-6-7-14(11-15)16-12-19-20(13-16)17-9-4-3-5-10-17/h3-13H,2H2,1H3. The van der Waals surface area contributed by atoms with Crippen LogP contribution in [-0.4, -0.2) is 15.6 Å². The summed E-state index contributed by atoms with van der Waals surface area (Å²) in [6.07, 6.45) is 4.32. The van der Waals surface area contributed by atoms with Crippen molar-refractivity contribution in [2.45, 2.75) is 13.3 Å². The largest absolute Gasteiger partial charge is 0.294 e. The van der Waals surface area contributed by atoms with Crippen molar-refractivity contribution in [1.82, 2.24) is 9.78 Å². The molecule has 0 spiro atoms. The summed E-state index contributed by atoms with van der Waals surface area (Å²) in [5.74, 6) is 0.160. The van der Waals surface area contributed by atoms with Gasteiger partial charge in [-0.1, -0.05) is 43.3 Å². The number of hydrogen-bond acceptors (Lipinski definition) is 2. The Morgan fingerprint density at radius 3 is 2.62 bits per heavy atom. The van der Waals surface area contributed by atoms with Crippen molar-refractivity contribution in [2.24, 2.45) is 0 Å². The topological polar surface area (TPSA) is 34.9 Å². The second kappa shape index (κ2) is 5.75. The summed E-state index contributed by atoms with van der Waals surface area (Å²) in [6, 6.07) is 17.7. The van der Waals surface area contributed by atoms with Gasteiger partial charge in [0.15, 0.2) is 5.78 Å². The van der Waals surface area contributed by atoms with Crippen LogP contribution in [0.2, 0.25) is 0 Å². The van der Waals surface area contributed by atoms with Gasteiger partial charge in [0, 0.05) is 23.7 Å². The van der Waals surface area contributed by atoms with Crippen molar-refractivity contribution < 1.29 is 4.79 Å². The summed E-state index contributed by atoms with van der Waals surface area (Å²) in [5.41, 5.74) is 3.79. The zero-order chi connectivity index (χ0) is 14.7. The van der Waals surface area contributed by atoms with Crippen LogP contribution in [0, 0.1) is 0 Å². The number of benzene rings is 2. The van der Waals surface area contributed by atoms with Crippen LogP contribution in [0.15, 0.2) is 67.0 Å². The second-order valence-electron chi connectivity index (χ2n) is 4.87. The van der Waals surface area contributed by atoms with Gasteiger partial charge >= 0.3 is 0 Å². The maximum atomic E-state index is 11.8. The van der Waals surface area contributed by atoms with E-state index in [0.717, 1.165) is 22.4 Å². The van der Waals surface area contributed by atoms with Crippen molar-refractivity contribution in [3.63, 3.8) is 0 Å². The Labute approximate surface area is 123 Å². The van der Waals surface area contributed by atoms with E-state index < -0.39 is 0 Å². The Kier molecular flexibility index (Phi) is 3.65. The maximum absolute atomic E-state index is 11.8. The summed E-state index contributed by atoms with van der Waals surface area (Å²) in [5, 5.41) is 4.39. The van der Waals surface area contributed by atoms with Crippen LogP contribution < -0.4 is 0 Å². The lowest BCUT2D eigenvalue weighted by molar-refractivity contribution is 0.0988. The first kappa shape index (κ1) is 13.3. The highest BCUT2D eigenvalue weighted by Crippen LogP contribution is 2.21. The number of rotatable bonds is 4. The molecular weight excluding hydrogens is 260 g/mol. The Morgan fingerprint density at radius 1 is 1.05 bits per heavy atom. The van der Waals surface area contributed by atoms with Gasteiger partial charge in [0.1, 0.15) is 0 Å². The molecule has 0 unspecified atom stereocenters. The average Bonchev–Trinajstić information content (AvgIpc) is 3.05. The van der Waals surface area contributed by atoms with Crippen LogP contribution in [-0.2, 0) is 0 Å². The van der Waals surface area contributed by atoms with Crippen LogP contribution in [0.1, 0.15) is 23.7 Å². The van der Waals surface area contributed by atoms with Crippen molar-refractivity contribution in [3.8, 4) is 16.8 Å². The minimum absolute atomic E-state index is 0.160. The van der Waals surface area contributed by atoms with E-state index in [2.05, 4.69) is 5.10 Å². The number of carbonyl (C=O) groups excluding carboxylic acids is 1. The molecular formula is C18H16N2O. The smallest absolute Gasteiger partial charge is 0.162 e. The van der Waals surface area contributed by atoms with E-state index in [1.165, 1.54) is 0 Å². The lowest BCUT2D eigenvalue weighted by Gasteiger charge is -2.02. The second-order valence-corrected chi connectivity index (χ2v) is 4.87. The van der Waals surface area contributed by atoms with Crippen molar-refractivity contribution >= 4 is 5.78 Å². The summed E-state index contributed by atoms with van der Waals surface area (Å²) in [4.78, 5) is 11.8. The van der Waals surface area contributed by atoms with Gasteiger partial charge in [0.2, 0.25) is 0 Å². The molecule has 0 fully saturated rings. The predicted molar refractivity (Wildman–Crippen MR) is 83.6 cm³/mol. The molecule has 0 radical (unpaired) electrons. The van der Waals surface area contributed by atoms with E-state index in [0.29, 0.717) is 6.42 Å². The van der Waals surface area contributed by atoms with E-state index in [-0.39, 0.29) is 5.78 Å². The van der Waals surface area contributed by atoms with Gasteiger partial charge in [-0.2, -0.15) is 5.10 Å². The number of carbonyl (C=O) groups is 1. The fourth-order valence-corrected chi connectivity index (χ4v) is 2.27. The fourth-order valence-electron chi connectivity index (χ4n) is 2.27. The molecule has 21 heavy (non-hydrogen) atoms. The molecule has 0 aliphatic carbocycles. The number of ketones is 1. The number of aromatic nitrogens is 2. The monoisotopic (exact) mass is 276 g/mol. The van der Waals surface area contributed by atoms with Gasteiger partial charge in [0.25, 0.3) is 0 Å². The van der Waals surface area contributed by atoms with Crippen LogP contribution in [0.3, 0.4) is 0 Å². The molecule has 0 atom stereocenters. The molecule has 0 aliphatic heterocycles. The zero-order valence-corrected chi connectivity index (χ0v) is 11.9. The van der Waals surface area contributed by atoms with Crippen LogP contribution in [0.4, 0.5) is 0 Å². The number of para-hydroxylation sites is 1. The quantitative estimate of drug-likeness (QED) is 0.671. The van der Waals surface area contributed by atoms with E-state index in [4.69, 9.17) is 0 Å². The molecule has 0 bridgehead atoms. The third-order valence-electron chi connectivity index (χ3n) is 3.44. The molecule has 3 aromatic rings. The lowest BCUT2D eigenvalue weighted by Crippen LogP contribution is -1.96. The van der Waals surface area contributed by atoms with Gasteiger partial charge in [-0.3, -0.25) is 4.79 Å². The molecule has 2 aromatic carbocycles. The van der Waals surface area contributed by atoms with E-state index >= 15 is 0 Å². The average molecular weight is 276 g/mol. The van der Waals surface area contributed by atoms with E-state index in [1.54, 1.807) is 0 Å². The Hall–Kier alpha value is -2.68. The van der Waals surface area contributed by atoms with Gasteiger partial charge in [-0.15, -0.1) is 0 Å². The van der Waals surface area contributed by atoms with Crippen LogP contribution >= 0.6 is 0 Å². The maximum Gasteiger partial charge on any atom is 0.162 e. The first-order valence-corrected chi connectivity index (χ1v) is 7.01. The van der Waals surface area contributed by atoms with Gasteiger partial charge < -0.3 is 0 Å². The normalized spacial score (nSPS) is 10.5. The molecule has 3 rings (SSSR count). The number of nitrogens with zero attached hydrogens (tertiary/aromatic N) is 2. The molecule has 104 valence electrons. The highest BCUT2D eigenvalue weighted by Gasteiger charge is 2.07. The van der Waals surface area contributed by atoms with Crippen molar-refractivity contribution in [1.29, 1.82) is 0 Å². The summed E-state index contributed by atoms with van der Waals surface area (Å²) < 4.78 is 1.84. The van der Waals surface area contributed by atoms with E-state index in [1.807, 2.05) is 78.6 Å². The molecule has 0 N–H and O–H groups in total. The molecule has 1 heterocycles. The minimum Gasteiger partial charge on any atom is -0.294 e. The molecule has 0 aliphatic rings. The first-order valence-electron chi connectivity index (χ1n) is 7.01. The first-order chi connectivity index (χ1) is 10.3. The lowest BCUT2D eigenvalue weighted by atomic mass is 10.0. The summed E-state index contributed by atoms with van der Waals surface area (Å²) in [7, 11) is 0. The fraction of sp³-hybridized carbons (Fsp3) is 0.111. The van der Waals surface area contributed by atoms with Gasteiger partial charge in [0.05, 0.1) is 11.9 Å². The molecule has 1 aromatic heterocycles. The Balaban J connectivity index is 1.95. The predicted octanol–water partition coefficient (Wildman–Crippen LogP) is 4.13. The summed E-state index contributed by atoms with van der Waals surface area (Å²) >= 11 is 0. The number of Topliss-reactive ketones (excluding diaryl/α,β-unsaturated/α-hetero) is 1. The molecule has 0 saturated heterocycles. The van der Waals surface area contributed by atoms with Gasteiger partial charge in [-0.05, 0) is 23.8 Å². The third kappa shape index (κ3) is 2.77. The molecule has 0 saturated carbocycles.